The van der Waals surface area contributed by atoms with E-state index >= 15 is 0 Å². The Morgan fingerprint density at radius 3 is 2.43 bits per heavy atom. The highest BCUT2D eigenvalue weighted by atomic mass is 32.1. The number of amides is 4. The number of phosphoric acid groups is 1. The predicted molar refractivity (Wildman–Crippen MR) is 282 cm³/mol. The summed E-state index contributed by atoms with van der Waals surface area (Å²) in [4.78, 5) is 108. The molecular weight excluding hydrogens is 1000 g/mol. The summed E-state index contributed by atoms with van der Waals surface area (Å²) in [5, 5.41) is 13.9. The van der Waals surface area contributed by atoms with Gasteiger partial charge in [0.05, 0.1) is 23.4 Å². The molecule has 4 N–H and O–H groups in total. The third kappa shape index (κ3) is 9.68. The van der Waals surface area contributed by atoms with Gasteiger partial charge in [0, 0.05) is 115 Å². The average Bonchev–Trinajstić information content (AvgIpc) is 4.16. The number of thiophene rings is 1. The van der Waals surface area contributed by atoms with Gasteiger partial charge in [0.15, 0.2) is 0 Å². The molecule has 1 aromatic carbocycles. The van der Waals surface area contributed by atoms with E-state index in [0.29, 0.717) is 67.2 Å². The second-order valence-electron chi connectivity index (χ2n) is 20.3. The Hall–Kier alpha value is -6.32. The Morgan fingerprint density at radius 1 is 0.880 bits per heavy atom. The molecular formula is C53H61N10O10PS. The van der Waals surface area contributed by atoms with Crippen molar-refractivity contribution >= 4 is 71.5 Å². The van der Waals surface area contributed by atoms with Gasteiger partial charge in [0.2, 0.25) is 5.91 Å². The second kappa shape index (κ2) is 20.3. The molecule has 1 aliphatic carbocycles. The maximum absolute atomic E-state index is 14.1. The lowest BCUT2D eigenvalue weighted by Crippen LogP contribution is -2.57. The number of hydrogen-bond donors (Lipinski definition) is 4. The summed E-state index contributed by atoms with van der Waals surface area (Å²) in [5.41, 5.74) is 5.81. The van der Waals surface area contributed by atoms with Crippen LogP contribution in [0.1, 0.15) is 104 Å². The standard InChI is InChI=1S/C53H61N10O10PS/c1-31-27-59(35-15-19-58(20-16-35)36-8-10-39-33(24-36)29-62(50(39)66)44-11-13-47(65)63(52(44)68)32(2)73-74(70,71)72)22-23-60(31)37-9-12-46(55-26-37)56-43-25-34(28-57(3)51(43)67)38-14-18-54-49(42(38)30-64)61-21-17-41-40-6-4-5-7-45(40)75-48(41)53(61)69/h8-10,12,14,18,24-26,28,31-32,35,44,64H,4-7,11,13,15-17,19-23,27,29-30H2,1-3H3,(H,55,56)(H2,70,71,72)/t31-,32?,44?/m0/s1/i3D3. The Labute approximate surface area is 442 Å². The number of likely N-dealkylation sites (tertiary alicyclic amines) is 1. The minimum absolute atomic E-state index is 0.0356. The number of aliphatic hydroxyl groups excluding tert-OH is 1. The molecule has 4 aromatic heterocycles. The van der Waals surface area contributed by atoms with Gasteiger partial charge < -0.3 is 39.5 Å². The van der Waals surface area contributed by atoms with Gasteiger partial charge in [-0.1, -0.05) is 0 Å². The number of phosphoric ester groups is 1. The van der Waals surface area contributed by atoms with Gasteiger partial charge in [0.1, 0.15) is 29.6 Å². The number of benzene rings is 1. The molecule has 5 aliphatic heterocycles. The molecule has 3 saturated heterocycles. The molecule has 3 fully saturated rings. The number of carbonyl (C=O) groups excluding carboxylic acids is 4. The summed E-state index contributed by atoms with van der Waals surface area (Å²) in [6.07, 6.45) is 9.70. The largest absolute Gasteiger partial charge is 0.471 e. The number of rotatable bonds is 12. The average molecular weight is 1060 g/mol. The van der Waals surface area contributed by atoms with E-state index in [2.05, 4.69) is 41.4 Å². The van der Waals surface area contributed by atoms with Crippen LogP contribution in [0.4, 0.5) is 28.7 Å². The second-order valence-corrected chi connectivity index (χ2v) is 22.6. The molecule has 20 nitrogen and oxygen atoms in total. The van der Waals surface area contributed by atoms with Crippen molar-refractivity contribution < 1.29 is 47.3 Å². The molecule has 75 heavy (non-hydrogen) atoms. The van der Waals surface area contributed by atoms with E-state index in [1.165, 1.54) is 40.7 Å². The van der Waals surface area contributed by atoms with E-state index in [1.807, 2.05) is 18.2 Å². The zero-order valence-corrected chi connectivity index (χ0v) is 43.4. The van der Waals surface area contributed by atoms with Crippen LogP contribution in [0.5, 0.6) is 0 Å². The van der Waals surface area contributed by atoms with Crippen LogP contribution in [0.3, 0.4) is 0 Å². The highest BCUT2D eigenvalue weighted by molar-refractivity contribution is 7.46. The van der Waals surface area contributed by atoms with Crippen LogP contribution in [-0.4, -0.2) is 131 Å². The highest BCUT2D eigenvalue weighted by Gasteiger charge is 2.46. The first kappa shape index (κ1) is 47.2. The van der Waals surface area contributed by atoms with Crippen LogP contribution < -0.4 is 25.6 Å². The lowest BCUT2D eigenvalue weighted by atomic mass is 9.92. The van der Waals surface area contributed by atoms with E-state index in [1.54, 1.807) is 40.6 Å². The van der Waals surface area contributed by atoms with E-state index in [0.717, 1.165) is 93.8 Å². The fourth-order valence-electron chi connectivity index (χ4n) is 12.1. The third-order valence-electron chi connectivity index (χ3n) is 15.8. The summed E-state index contributed by atoms with van der Waals surface area (Å²) >= 11 is 1.55. The number of aryl methyl sites for hydroxylation is 2. The van der Waals surface area contributed by atoms with Crippen molar-refractivity contribution in [1.29, 1.82) is 0 Å². The number of nitrogens with one attached hydrogen (secondary N) is 1. The number of carbonyl (C=O) groups is 4. The van der Waals surface area contributed by atoms with Crippen LogP contribution in [0.25, 0.3) is 11.1 Å². The van der Waals surface area contributed by atoms with Gasteiger partial charge in [-0.2, -0.15) is 0 Å². The first-order chi connectivity index (χ1) is 37.3. The van der Waals surface area contributed by atoms with Crippen molar-refractivity contribution in [2.75, 3.05) is 59.3 Å². The predicted octanol–water partition coefficient (Wildman–Crippen LogP) is 5.33. The number of fused-ring (bicyclic) bond motifs is 4. The van der Waals surface area contributed by atoms with Crippen molar-refractivity contribution in [2.24, 2.45) is 6.98 Å². The van der Waals surface area contributed by atoms with Crippen LogP contribution in [0, 0.1) is 0 Å². The van der Waals surface area contributed by atoms with Crippen LogP contribution in [0.2, 0.25) is 0 Å². The van der Waals surface area contributed by atoms with Gasteiger partial charge in [0.25, 0.3) is 23.3 Å². The SMILES string of the molecule is [2H]C([2H])([2H])n1cc(-c2ccnc(N3CCc4c(sc5c4CCCC5)C3=O)c2CO)cc(Nc2ccc(N3CCN(C4CCN(c5ccc6c(c5)CN(C5CCC(=O)N(C(C)OP(=O)(O)O)C5=O)C6=O)CC4)C[C@@H]3C)cn2)c1=O. The molecule has 394 valence electrons. The summed E-state index contributed by atoms with van der Waals surface area (Å²) < 4.78 is 41.6. The lowest BCUT2D eigenvalue weighted by molar-refractivity contribution is -0.161. The zero-order valence-electron chi connectivity index (χ0n) is 44.7. The third-order valence-corrected chi connectivity index (χ3v) is 17.7. The normalized spacial score (nSPS) is 21.9. The quantitative estimate of drug-likeness (QED) is 0.0913. The molecule has 6 aliphatic rings. The molecule has 3 atom stereocenters. The Bertz CT molecular complexity index is 3330. The number of nitrogens with zero attached hydrogens (tertiary/aromatic N) is 9. The lowest BCUT2D eigenvalue weighted by Gasteiger charge is -2.46. The Balaban J connectivity index is 0.721. The van der Waals surface area contributed by atoms with Gasteiger partial charge >= 0.3 is 7.82 Å². The first-order valence-electron chi connectivity index (χ1n) is 27.1. The molecule has 0 spiro atoms. The van der Waals surface area contributed by atoms with E-state index in [4.69, 9.17) is 4.11 Å². The zero-order chi connectivity index (χ0) is 54.9. The molecule has 5 aromatic rings. The van der Waals surface area contributed by atoms with Crippen molar-refractivity contribution in [3.8, 4) is 11.1 Å². The van der Waals surface area contributed by atoms with Crippen LogP contribution in [-0.2, 0) is 58.1 Å². The van der Waals surface area contributed by atoms with Crippen molar-refractivity contribution in [3.63, 3.8) is 0 Å². The number of piperidine rings is 2. The number of hydrogen-bond acceptors (Lipinski definition) is 15. The minimum Gasteiger partial charge on any atom is -0.392 e. The number of aliphatic hydroxyl groups is 1. The monoisotopic (exact) mass is 1060 g/mol. The summed E-state index contributed by atoms with van der Waals surface area (Å²) in [6.45, 7) is 4.61. The fraction of sp³-hybridized carbons (Fsp3) is 0.453. The fourth-order valence-corrected chi connectivity index (χ4v) is 14.0. The summed E-state index contributed by atoms with van der Waals surface area (Å²) in [6, 6.07) is 12.1. The smallest absolute Gasteiger partial charge is 0.392 e. The molecule has 11 rings (SSSR count). The van der Waals surface area contributed by atoms with Crippen molar-refractivity contribution in [3.05, 3.63) is 109 Å². The summed E-state index contributed by atoms with van der Waals surface area (Å²) in [5.74, 6) is -1.25. The number of aromatic nitrogens is 3. The van der Waals surface area contributed by atoms with Crippen molar-refractivity contribution in [2.45, 2.75) is 109 Å². The molecule has 0 bridgehead atoms. The Kier molecular flexibility index (Phi) is 12.8. The molecule has 0 saturated carbocycles. The summed E-state index contributed by atoms with van der Waals surface area (Å²) in [7, 11) is -5.00. The minimum atomic E-state index is -5.00. The van der Waals surface area contributed by atoms with Gasteiger partial charge in [-0.05, 0) is 130 Å². The van der Waals surface area contributed by atoms with Gasteiger partial charge in [-0.15, -0.1) is 11.3 Å². The number of pyridine rings is 3. The van der Waals surface area contributed by atoms with Gasteiger partial charge in [-0.3, -0.25) is 43.2 Å². The Morgan fingerprint density at radius 2 is 1.68 bits per heavy atom. The number of piperazine rings is 1. The van der Waals surface area contributed by atoms with Gasteiger partial charge in [-0.25, -0.2) is 14.5 Å². The van der Waals surface area contributed by atoms with E-state index < -0.39 is 51.0 Å². The van der Waals surface area contributed by atoms with E-state index in [9.17, 15) is 43.4 Å². The maximum Gasteiger partial charge on any atom is 0.471 e. The van der Waals surface area contributed by atoms with Crippen LogP contribution in [0.15, 0.2) is 65.8 Å². The molecule has 0 radical (unpaired) electrons. The first-order valence-corrected chi connectivity index (χ1v) is 27.9. The molecule has 2 unspecified atom stereocenters. The topological polar surface area (TPSA) is 235 Å². The molecule has 22 heteroatoms. The highest BCUT2D eigenvalue weighted by Crippen LogP contribution is 2.42. The maximum atomic E-state index is 14.1. The number of imide groups is 1. The number of anilines is 5. The molecule has 9 heterocycles. The van der Waals surface area contributed by atoms with E-state index in [-0.39, 0.29) is 42.9 Å². The van der Waals surface area contributed by atoms with Crippen LogP contribution >= 0.6 is 19.2 Å². The molecule has 4 amide bonds. The van der Waals surface area contributed by atoms with Crippen molar-refractivity contribution in [1.82, 2.24) is 29.2 Å².